The zero-order valence-electron chi connectivity index (χ0n) is 19.9. The SMILES string of the molecule is C\C=C/C=C\C(=C\O[C@H](C)CNC(C(=O)N(C)CC(=O)NCC)C1CC1)CCCNC=O. The molecule has 1 saturated carbocycles. The van der Waals surface area contributed by atoms with Crippen molar-refractivity contribution in [3.8, 4) is 0 Å². The van der Waals surface area contributed by atoms with E-state index in [4.69, 9.17) is 4.74 Å². The van der Waals surface area contributed by atoms with Gasteiger partial charge in [0.2, 0.25) is 18.2 Å². The summed E-state index contributed by atoms with van der Waals surface area (Å²) in [6.45, 7) is 7.52. The number of nitrogens with zero attached hydrogens (tertiary/aromatic N) is 1. The monoisotopic (exact) mass is 448 g/mol. The minimum atomic E-state index is -0.298. The molecule has 1 aliphatic carbocycles. The number of likely N-dealkylation sites (N-methyl/N-ethyl adjacent to an activating group) is 2. The van der Waals surface area contributed by atoms with Crippen molar-refractivity contribution in [2.45, 2.75) is 58.6 Å². The number of ether oxygens (including phenoxy) is 1. The molecule has 0 spiro atoms. The Bertz CT molecular complexity index is 671. The Labute approximate surface area is 192 Å². The van der Waals surface area contributed by atoms with Crippen LogP contribution >= 0.6 is 0 Å². The third kappa shape index (κ3) is 11.7. The first-order valence-corrected chi connectivity index (χ1v) is 11.5. The number of nitrogens with one attached hydrogen (secondary N) is 3. The lowest BCUT2D eigenvalue weighted by Crippen LogP contribution is -2.50. The van der Waals surface area contributed by atoms with Gasteiger partial charge in [0.25, 0.3) is 0 Å². The van der Waals surface area contributed by atoms with Crippen molar-refractivity contribution in [1.29, 1.82) is 0 Å². The van der Waals surface area contributed by atoms with Crippen LogP contribution in [-0.2, 0) is 19.1 Å². The van der Waals surface area contributed by atoms with Crippen LogP contribution in [0.5, 0.6) is 0 Å². The first-order chi connectivity index (χ1) is 15.4. The summed E-state index contributed by atoms with van der Waals surface area (Å²) in [6, 6.07) is -0.298. The number of carbonyl (C=O) groups is 3. The second-order valence-electron chi connectivity index (χ2n) is 8.07. The van der Waals surface area contributed by atoms with Gasteiger partial charge in [-0.05, 0) is 57.9 Å². The summed E-state index contributed by atoms with van der Waals surface area (Å²) in [4.78, 5) is 36.5. The molecular formula is C24H40N4O4. The smallest absolute Gasteiger partial charge is 0.240 e. The van der Waals surface area contributed by atoms with Crippen molar-refractivity contribution in [2.75, 3.05) is 33.2 Å². The van der Waals surface area contributed by atoms with Gasteiger partial charge in [0.1, 0.15) is 6.10 Å². The van der Waals surface area contributed by atoms with Crippen LogP contribution in [0.25, 0.3) is 0 Å². The van der Waals surface area contributed by atoms with Gasteiger partial charge in [-0.3, -0.25) is 14.4 Å². The van der Waals surface area contributed by atoms with Crippen molar-refractivity contribution in [2.24, 2.45) is 5.92 Å². The molecule has 0 heterocycles. The summed E-state index contributed by atoms with van der Waals surface area (Å²) in [7, 11) is 1.67. The molecule has 3 amide bonds. The molecule has 0 aromatic heterocycles. The van der Waals surface area contributed by atoms with Gasteiger partial charge >= 0.3 is 0 Å². The maximum absolute atomic E-state index is 12.8. The van der Waals surface area contributed by atoms with Gasteiger partial charge in [-0.2, -0.15) is 0 Å². The van der Waals surface area contributed by atoms with E-state index < -0.39 is 0 Å². The zero-order chi connectivity index (χ0) is 23.8. The van der Waals surface area contributed by atoms with Crippen LogP contribution in [0.2, 0.25) is 0 Å². The fraction of sp³-hybridized carbons (Fsp3) is 0.625. The van der Waals surface area contributed by atoms with Crippen molar-refractivity contribution in [3.63, 3.8) is 0 Å². The number of carbonyl (C=O) groups excluding carboxylic acids is 3. The number of allylic oxidation sites excluding steroid dienone is 5. The first-order valence-electron chi connectivity index (χ1n) is 11.5. The topological polar surface area (TPSA) is 99.8 Å². The maximum atomic E-state index is 12.8. The van der Waals surface area contributed by atoms with E-state index in [1.807, 2.05) is 45.1 Å². The molecule has 0 saturated heterocycles. The average Bonchev–Trinajstić information content (AvgIpc) is 3.60. The Hall–Kier alpha value is -2.61. The highest BCUT2D eigenvalue weighted by atomic mass is 16.5. The minimum absolute atomic E-state index is 0.0563. The lowest BCUT2D eigenvalue weighted by atomic mass is 10.1. The van der Waals surface area contributed by atoms with E-state index in [1.54, 1.807) is 13.3 Å². The molecule has 1 unspecified atom stereocenters. The first kappa shape index (κ1) is 27.4. The molecule has 0 aromatic rings. The van der Waals surface area contributed by atoms with E-state index in [1.165, 1.54) is 4.90 Å². The van der Waals surface area contributed by atoms with Crippen molar-refractivity contribution in [3.05, 3.63) is 36.1 Å². The van der Waals surface area contributed by atoms with Gasteiger partial charge in [0.15, 0.2) is 0 Å². The normalized spacial score (nSPS) is 16.1. The van der Waals surface area contributed by atoms with Crippen LogP contribution in [0.15, 0.2) is 36.1 Å². The largest absolute Gasteiger partial charge is 0.497 e. The molecule has 180 valence electrons. The van der Waals surface area contributed by atoms with Crippen LogP contribution in [0, 0.1) is 5.92 Å². The quantitative estimate of drug-likeness (QED) is 0.137. The predicted octanol–water partition coefficient (Wildman–Crippen LogP) is 1.90. The molecule has 0 aliphatic heterocycles. The van der Waals surface area contributed by atoms with E-state index >= 15 is 0 Å². The lowest BCUT2D eigenvalue weighted by molar-refractivity contribution is -0.136. The number of rotatable bonds is 17. The van der Waals surface area contributed by atoms with Crippen LogP contribution in [0.1, 0.15) is 46.5 Å². The Kier molecular flexibility index (Phi) is 13.8. The van der Waals surface area contributed by atoms with E-state index in [2.05, 4.69) is 16.0 Å². The lowest BCUT2D eigenvalue weighted by Gasteiger charge is -2.25. The summed E-state index contributed by atoms with van der Waals surface area (Å²) in [5.41, 5.74) is 1.03. The Morgan fingerprint density at radius 2 is 2.00 bits per heavy atom. The second kappa shape index (κ2) is 16.1. The number of hydrogen-bond donors (Lipinski definition) is 3. The molecule has 0 bridgehead atoms. The fourth-order valence-electron chi connectivity index (χ4n) is 3.14. The van der Waals surface area contributed by atoms with E-state index in [-0.39, 0.29) is 30.5 Å². The van der Waals surface area contributed by atoms with Crippen LogP contribution < -0.4 is 16.0 Å². The molecule has 0 aromatic carbocycles. The van der Waals surface area contributed by atoms with Crippen LogP contribution in [0.3, 0.4) is 0 Å². The second-order valence-corrected chi connectivity index (χ2v) is 8.07. The standard InChI is InChI=1S/C24H40N4O4/c1-5-7-8-10-20(11-9-14-25-18-29)17-32-19(3)15-27-23(21-12-13-21)24(31)28(4)16-22(30)26-6-2/h5,7-8,10,17-19,21,23,27H,6,9,11-16H2,1-4H3,(H,25,29)(H,26,30)/b7-5-,10-8-,20-17-/t19-,23?/m1/s1. The average molecular weight is 449 g/mol. The Balaban J connectivity index is 2.59. The predicted molar refractivity (Wildman–Crippen MR) is 127 cm³/mol. The molecule has 1 fully saturated rings. The highest BCUT2D eigenvalue weighted by Crippen LogP contribution is 2.33. The van der Waals surface area contributed by atoms with Crippen LogP contribution in [-0.4, -0.2) is 68.5 Å². The van der Waals surface area contributed by atoms with Crippen LogP contribution in [0.4, 0.5) is 0 Å². The van der Waals surface area contributed by atoms with E-state index in [9.17, 15) is 14.4 Å². The van der Waals surface area contributed by atoms with Gasteiger partial charge in [-0.15, -0.1) is 0 Å². The van der Waals surface area contributed by atoms with Crippen molar-refractivity contribution >= 4 is 18.2 Å². The molecule has 0 radical (unpaired) electrons. The van der Waals surface area contributed by atoms with E-state index in [0.717, 1.165) is 31.3 Å². The van der Waals surface area contributed by atoms with Crippen molar-refractivity contribution < 1.29 is 19.1 Å². The fourth-order valence-corrected chi connectivity index (χ4v) is 3.14. The summed E-state index contributed by atoms with van der Waals surface area (Å²) < 4.78 is 5.90. The van der Waals surface area contributed by atoms with Gasteiger partial charge in [0.05, 0.1) is 18.8 Å². The minimum Gasteiger partial charge on any atom is -0.497 e. The van der Waals surface area contributed by atoms with Gasteiger partial charge < -0.3 is 25.6 Å². The third-order valence-corrected chi connectivity index (χ3v) is 5.05. The van der Waals surface area contributed by atoms with Crippen molar-refractivity contribution in [1.82, 2.24) is 20.9 Å². The number of hydrogen-bond acceptors (Lipinski definition) is 5. The molecule has 8 heteroatoms. The van der Waals surface area contributed by atoms with Gasteiger partial charge in [-0.25, -0.2) is 0 Å². The molecule has 32 heavy (non-hydrogen) atoms. The summed E-state index contributed by atoms with van der Waals surface area (Å²) in [5.74, 6) is 0.104. The summed E-state index contributed by atoms with van der Waals surface area (Å²) in [5, 5.41) is 8.74. The molecular weight excluding hydrogens is 408 g/mol. The highest BCUT2D eigenvalue weighted by Gasteiger charge is 2.37. The third-order valence-electron chi connectivity index (χ3n) is 5.05. The molecule has 1 rings (SSSR count). The molecule has 8 nitrogen and oxygen atoms in total. The Morgan fingerprint density at radius 3 is 2.62 bits per heavy atom. The maximum Gasteiger partial charge on any atom is 0.240 e. The molecule has 1 aliphatic rings. The Morgan fingerprint density at radius 1 is 1.25 bits per heavy atom. The molecule has 3 N–H and O–H groups in total. The summed E-state index contributed by atoms with van der Waals surface area (Å²) in [6.07, 6.45) is 13.8. The number of amides is 3. The van der Waals surface area contributed by atoms with Gasteiger partial charge in [0, 0.05) is 26.7 Å². The zero-order valence-corrected chi connectivity index (χ0v) is 19.9. The van der Waals surface area contributed by atoms with Gasteiger partial charge in [-0.1, -0.05) is 24.3 Å². The highest BCUT2D eigenvalue weighted by molar-refractivity contribution is 5.87. The molecule has 2 atom stereocenters. The summed E-state index contributed by atoms with van der Waals surface area (Å²) >= 11 is 0. The van der Waals surface area contributed by atoms with E-state index in [0.29, 0.717) is 32.0 Å².